The highest BCUT2D eigenvalue weighted by molar-refractivity contribution is 7.89. The SMILES string of the molecule is Cc1nc(-c2ccc(S(=O)(=O)NC3CCNC3)cc2)co1.Cl. The minimum atomic E-state index is -3.47. The first-order valence-electron chi connectivity index (χ1n) is 6.80. The molecule has 0 radical (unpaired) electrons. The van der Waals surface area contributed by atoms with Crippen LogP contribution < -0.4 is 10.0 Å². The molecule has 1 aromatic heterocycles. The van der Waals surface area contributed by atoms with E-state index >= 15 is 0 Å². The Kier molecular flexibility index (Phi) is 5.23. The zero-order valence-corrected chi connectivity index (χ0v) is 13.7. The van der Waals surface area contributed by atoms with Crippen molar-refractivity contribution in [3.05, 3.63) is 36.4 Å². The van der Waals surface area contributed by atoms with Gasteiger partial charge in [0.1, 0.15) is 12.0 Å². The van der Waals surface area contributed by atoms with E-state index in [1.165, 1.54) is 0 Å². The number of nitrogens with zero attached hydrogens (tertiary/aromatic N) is 1. The van der Waals surface area contributed by atoms with Gasteiger partial charge >= 0.3 is 0 Å². The average Bonchev–Trinajstić information content (AvgIpc) is 3.10. The highest BCUT2D eigenvalue weighted by Crippen LogP contribution is 2.21. The van der Waals surface area contributed by atoms with Crippen LogP contribution in [0.5, 0.6) is 0 Å². The Morgan fingerprint density at radius 2 is 2.05 bits per heavy atom. The zero-order valence-electron chi connectivity index (χ0n) is 12.1. The largest absolute Gasteiger partial charge is 0.449 e. The van der Waals surface area contributed by atoms with Crippen LogP contribution in [-0.2, 0) is 10.0 Å². The molecule has 0 amide bonds. The number of sulfonamides is 1. The van der Waals surface area contributed by atoms with Crippen LogP contribution >= 0.6 is 12.4 Å². The van der Waals surface area contributed by atoms with Crippen LogP contribution in [0.2, 0.25) is 0 Å². The number of aromatic nitrogens is 1. The van der Waals surface area contributed by atoms with Gasteiger partial charge in [-0.1, -0.05) is 12.1 Å². The van der Waals surface area contributed by atoms with E-state index in [0.29, 0.717) is 18.1 Å². The molecule has 0 aliphatic carbocycles. The maximum atomic E-state index is 12.3. The molecular formula is C14H18ClN3O3S. The first-order valence-corrected chi connectivity index (χ1v) is 8.28. The van der Waals surface area contributed by atoms with Crippen LogP contribution in [0.1, 0.15) is 12.3 Å². The van der Waals surface area contributed by atoms with Gasteiger partial charge in [0.05, 0.1) is 4.90 Å². The molecule has 8 heteroatoms. The molecule has 1 aliphatic heterocycles. The monoisotopic (exact) mass is 343 g/mol. The van der Waals surface area contributed by atoms with Gasteiger partial charge in [0.2, 0.25) is 10.0 Å². The van der Waals surface area contributed by atoms with E-state index in [1.807, 2.05) is 0 Å². The number of benzene rings is 1. The summed E-state index contributed by atoms with van der Waals surface area (Å²) < 4.78 is 32.4. The summed E-state index contributed by atoms with van der Waals surface area (Å²) >= 11 is 0. The minimum Gasteiger partial charge on any atom is -0.449 e. The molecule has 120 valence electrons. The van der Waals surface area contributed by atoms with Crippen LogP contribution in [0.25, 0.3) is 11.3 Å². The van der Waals surface area contributed by atoms with Gasteiger partial charge in [-0.25, -0.2) is 18.1 Å². The van der Waals surface area contributed by atoms with Crippen molar-refractivity contribution in [2.24, 2.45) is 0 Å². The number of rotatable bonds is 4. The van der Waals surface area contributed by atoms with Gasteiger partial charge in [0, 0.05) is 25.1 Å². The van der Waals surface area contributed by atoms with Crippen LogP contribution in [0.15, 0.2) is 39.8 Å². The molecule has 0 saturated carbocycles. The summed E-state index contributed by atoms with van der Waals surface area (Å²) in [6.07, 6.45) is 2.37. The van der Waals surface area contributed by atoms with Gasteiger partial charge in [-0.15, -0.1) is 12.4 Å². The molecule has 6 nitrogen and oxygen atoms in total. The Morgan fingerprint density at radius 1 is 1.32 bits per heavy atom. The summed E-state index contributed by atoms with van der Waals surface area (Å²) in [5.41, 5.74) is 1.53. The number of hydrogen-bond acceptors (Lipinski definition) is 5. The quantitative estimate of drug-likeness (QED) is 0.883. The Labute approximate surface area is 135 Å². The van der Waals surface area contributed by atoms with Gasteiger partial charge in [0.25, 0.3) is 0 Å². The first kappa shape index (κ1) is 17.0. The predicted octanol–water partition coefficient (Wildman–Crippen LogP) is 1.71. The van der Waals surface area contributed by atoms with Gasteiger partial charge in [-0.2, -0.15) is 0 Å². The van der Waals surface area contributed by atoms with E-state index in [9.17, 15) is 8.42 Å². The molecule has 0 bridgehead atoms. The fourth-order valence-corrected chi connectivity index (χ4v) is 3.61. The van der Waals surface area contributed by atoms with Crippen molar-refractivity contribution in [2.75, 3.05) is 13.1 Å². The maximum Gasteiger partial charge on any atom is 0.240 e. The molecule has 0 spiro atoms. The van der Waals surface area contributed by atoms with Crippen molar-refractivity contribution in [3.63, 3.8) is 0 Å². The lowest BCUT2D eigenvalue weighted by atomic mass is 10.2. The van der Waals surface area contributed by atoms with Gasteiger partial charge in [0.15, 0.2) is 5.89 Å². The molecular weight excluding hydrogens is 326 g/mol. The highest BCUT2D eigenvalue weighted by Gasteiger charge is 2.22. The van der Waals surface area contributed by atoms with Crippen molar-refractivity contribution in [3.8, 4) is 11.3 Å². The fourth-order valence-electron chi connectivity index (χ4n) is 2.34. The Hall–Kier alpha value is -1.41. The lowest BCUT2D eigenvalue weighted by Gasteiger charge is -2.12. The molecule has 1 aromatic carbocycles. The van der Waals surface area contributed by atoms with Crippen molar-refractivity contribution in [2.45, 2.75) is 24.3 Å². The zero-order chi connectivity index (χ0) is 14.9. The summed E-state index contributed by atoms with van der Waals surface area (Å²) in [6, 6.07) is 6.61. The fraction of sp³-hybridized carbons (Fsp3) is 0.357. The Morgan fingerprint density at radius 3 is 2.59 bits per heavy atom. The standard InChI is InChI=1S/C14H17N3O3S.ClH/c1-10-16-14(9-20-10)11-2-4-13(5-3-11)21(18,19)17-12-6-7-15-8-12;/h2-5,9,12,15,17H,6-8H2,1H3;1H. The molecule has 2 heterocycles. The maximum absolute atomic E-state index is 12.3. The summed E-state index contributed by atoms with van der Waals surface area (Å²) in [7, 11) is -3.47. The molecule has 3 rings (SSSR count). The molecule has 1 atom stereocenters. The molecule has 22 heavy (non-hydrogen) atoms. The lowest BCUT2D eigenvalue weighted by molar-refractivity contribution is 0.521. The first-order chi connectivity index (χ1) is 10.0. The normalized spacial score (nSPS) is 18.1. The number of halogens is 1. The van der Waals surface area contributed by atoms with Gasteiger partial charge in [-0.05, 0) is 25.1 Å². The van der Waals surface area contributed by atoms with Crippen molar-refractivity contribution >= 4 is 22.4 Å². The molecule has 2 N–H and O–H groups in total. The average molecular weight is 344 g/mol. The summed E-state index contributed by atoms with van der Waals surface area (Å²) in [5, 5.41) is 3.13. The summed E-state index contributed by atoms with van der Waals surface area (Å²) in [6.45, 7) is 3.29. The predicted molar refractivity (Wildman–Crippen MR) is 85.5 cm³/mol. The number of nitrogens with one attached hydrogen (secondary N) is 2. The molecule has 1 fully saturated rings. The van der Waals surface area contributed by atoms with E-state index in [-0.39, 0.29) is 23.3 Å². The number of aryl methyl sites for hydroxylation is 1. The van der Waals surface area contributed by atoms with Crippen LogP contribution in [0, 0.1) is 6.92 Å². The second-order valence-electron chi connectivity index (χ2n) is 5.09. The van der Waals surface area contributed by atoms with Crippen molar-refractivity contribution in [1.29, 1.82) is 0 Å². The third-order valence-corrected chi connectivity index (χ3v) is 5.00. The Bertz CT molecular complexity index is 722. The van der Waals surface area contributed by atoms with Crippen molar-refractivity contribution in [1.82, 2.24) is 15.0 Å². The van der Waals surface area contributed by atoms with Crippen LogP contribution in [0.3, 0.4) is 0 Å². The van der Waals surface area contributed by atoms with E-state index in [4.69, 9.17) is 4.42 Å². The van der Waals surface area contributed by atoms with Crippen LogP contribution in [0.4, 0.5) is 0 Å². The summed E-state index contributed by atoms with van der Waals surface area (Å²) in [5.74, 6) is 0.581. The molecule has 1 aliphatic rings. The van der Waals surface area contributed by atoms with Gasteiger partial charge < -0.3 is 9.73 Å². The highest BCUT2D eigenvalue weighted by atomic mass is 35.5. The van der Waals surface area contributed by atoms with E-state index in [2.05, 4.69) is 15.0 Å². The second-order valence-corrected chi connectivity index (χ2v) is 6.80. The third-order valence-electron chi connectivity index (χ3n) is 3.46. The van der Waals surface area contributed by atoms with Crippen LogP contribution in [-0.4, -0.2) is 32.5 Å². The summed E-state index contributed by atoms with van der Waals surface area (Å²) in [4.78, 5) is 4.48. The molecule has 1 saturated heterocycles. The lowest BCUT2D eigenvalue weighted by Crippen LogP contribution is -2.36. The minimum absolute atomic E-state index is 0. The van der Waals surface area contributed by atoms with Gasteiger partial charge in [-0.3, -0.25) is 0 Å². The Balaban J connectivity index is 0.00000176. The second kappa shape index (κ2) is 6.78. The number of oxazole rings is 1. The molecule has 1 unspecified atom stereocenters. The smallest absolute Gasteiger partial charge is 0.240 e. The topological polar surface area (TPSA) is 84.2 Å². The number of hydrogen-bond donors (Lipinski definition) is 2. The van der Waals surface area contributed by atoms with E-state index in [0.717, 1.165) is 18.5 Å². The van der Waals surface area contributed by atoms with Crippen molar-refractivity contribution < 1.29 is 12.8 Å². The third kappa shape index (κ3) is 3.67. The van der Waals surface area contributed by atoms with E-state index in [1.54, 1.807) is 37.5 Å². The van der Waals surface area contributed by atoms with E-state index < -0.39 is 10.0 Å². The molecule has 2 aromatic rings.